The van der Waals surface area contributed by atoms with Gasteiger partial charge in [-0.25, -0.2) is 9.18 Å². The minimum Gasteiger partial charge on any atom is -0.490 e. The van der Waals surface area contributed by atoms with Crippen LogP contribution in [0.1, 0.15) is 18.1 Å². The van der Waals surface area contributed by atoms with E-state index in [4.69, 9.17) is 4.74 Å². The number of anilines is 1. The van der Waals surface area contributed by atoms with Gasteiger partial charge in [-0.2, -0.15) is 0 Å². The van der Waals surface area contributed by atoms with Crippen LogP contribution in [0.15, 0.2) is 42.5 Å². The predicted molar refractivity (Wildman–Crippen MR) is 94.1 cm³/mol. The highest BCUT2D eigenvalue weighted by molar-refractivity contribution is 5.89. The molecule has 0 fully saturated rings. The minimum atomic E-state index is -0.490. The highest BCUT2D eigenvalue weighted by Gasteiger charge is 2.09. The van der Waals surface area contributed by atoms with Crippen molar-refractivity contribution in [2.24, 2.45) is 0 Å². The van der Waals surface area contributed by atoms with E-state index in [9.17, 15) is 9.18 Å². The summed E-state index contributed by atoms with van der Waals surface area (Å²) in [6.45, 7) is 4.87. The lowest BCUT2D eigenvalue weighted by Crippen LogP contribution is -2.30. The zero-order valence-electron chi connectivity index (χ0n) is 14.3. The summed E-state index contributed by atoms with van der Waals surface area (Å²) in [4.78, 5) is 13.3. The van der Waals surface area contributed by atoms with Gasteiger partial charge >= 0.3 is 6.03 Å². The Kier molecular flexibility index (Phi) is 6.18. The summed E-state index contributed by atoms with van der Waals surface area (Å²) in [7, 11) is 1.67. The fourth-order valence-electron chi connectivity index (χ4n) is 2.09. The quantitative estimate of drug-likeness (QED) is 0.861. The van der Waals surface area contributed by atoms with Crippen LogP contribution in [-0.4, -0.2) is 31.1 Å². The second-order valence-corrected chi connectivity index (χ2v) is 5.67. The minimum absolute atomic E-state index is 0.184. The van der Waals surface area contributed by atoms with Gasteiger partial charge in [-0.15, -0.1) is 0 Å². The summed E-state index contributed by atoms with van der Waals surface area (Å²) in [5.74, 6) is -0.306. The van der Waals surface area contributed by atoms with Crippen molar-refractivity contribution < 1.29 is 13.9 Å². The lowest BCUT2D eigenvalue weighted by molar-refractivity contribution is 0.224. The Hall–Kier alpha value is -2.56. The van der Waals surface area contributed by atoms with Gasteiger partial charge in [-0.05, 0) is 31.5 Å². The summed E-state index contributed by atoms with van der Waals surface area (Å²) >= 11 is 0. The maximum atomic E-state index is 14.1. The summed E-state index contributed by atoms with van der Waals surface area (Å²) < 4.78 is 19.6. The zero-order chi connectivity index (χ0) is 17.5. The predicted octanol–water partition coefficient (Wildman–Crippen LogP) is 4.24. The van der Waals surface area contributed by atoms with E-state index in [0.717, 1.165) is 5.56 Å². The van der Waals surface area contributed by atoms with Crippen LogP contribution < -0.4 is 10.1 Å². The number of halogens is 1. The molecule has 24 heavy (non-hydrogen) atoms. The van der Waals surface area contributed by atoms with Crippen molar-refractivity contribution in [1.82, 2.24) is 4.90 Å². The Morgan fingerprint density at radius 1 is 1.21 bits per heavy atom. The topological polar surface area (TPSA) is 41.6 Å². The van der Waals surface area contributed by atoms with Crippen LogP contribution in [-0.2, 0) is 6.42 Å². The molecule has 0 atom stereocenters. The van der Waals surface area contributed by atoms with Crippen LogP contribution >= 0.6 is 0 Å². The standard InChI is InChI=1S/C19H23FN2O2/c1-4-22(3)19(23)21-16-9-10-18(17(20)13-16)24-12-11-15-7-5-14(2)6-8-15/h5-10,13H,4,11-12H2,1-3H3,(H,21,23). The highest BCUT2D eigenvalue weighted by Crippen LogP contribution is 2.21. The zero-order valence-corrected chi connectivity index (χ0v) is 14.3. The number of aryl methyl sites for hydroxylation is 1. The Labute approximate surface area is 142 Å². The fourth-order valence-corrected chi connectivity index (χ4v) is 2.09. The van der Waals surface area contributed by atoms with Crippen molar-refractivity contribution in [3.05, 3.63) is 59.4 Å². The highest BCUT2D eigenvalue weighted by atomic mass is 19.1. The molecule has 2 aromatic rings. The number of amides is 2. The molecule has 5 heteroatoms. The molecule has 0 aliphatic heterocycles. The second kappa shape index (κ2) is 8.34. The van der Waals surface area contributed by atoms with Crippen LogP contribution in [0.4, 0.5) is 14.9 Å². The number of benzene rings is 2. The number of rotatable bonds is 6. The lowest BCUT2D eigenvalue weighted by Gasteiger charge is -2.16. The Morgan fingerprint density at radius 3 is 2.54 bits per heavy atom. The van der Waals surface area contributed by atoms with E-state index >= 15 is 0 Å². The number of urea groups is 1. The number of carbonyl (C=O) groups is 1. The van der Waals surface area contributed by atoms with Crippen LogP contribution in [0.5, 0.6) is 5.75 Å². The average Bonchev–Trinajstić information content (AvgIpc) is 2.57. The Bertz CT molecular complexity index is 686. The molecule has 0 aliphatic rings. The molecule has 2 rings (SSSR count). The van der Waals surface area contributed by atoms with E-state index in [-0.39, 0.29) is 11.8 Å². The molecule has 2 amide bonds. The summed E-state index contributed by atoms with van der Waals surface area (Å²) in [6, 6.07) is 12.3. The third-order valence-corrected chi connectivity index (χ3v) is 3.77. The van der Waals surface area contributed by atoms with Gasteiger partial charge in [0.15, 0.2) is 11.6 Å². The average molecular weight is 330 g/mol. The molecule has 0 radical (unpaired) electrons. The van der Waals surface area contributed by atoms with Gasteiger partial charge < -0.3 is 15.0 Å². The normalized spacial score (nSPS) is 10.3. The second-order valence-electron chi connectivity index (χ2n) is 5.67. The molecule has 128 valence electrons. The summed E-state index contributed by atoms with van der Waals surface area (Å²) in [5.41, 5.74) is 2.76. The van der Waals surface area contributed by atoms with Crippen molar-refractivity contribution in [3.63, 3.8) is 0 Å². The van der Waals surface area contributed by atoms with Crippen molar-refractivity contribution in [2.75, 3.05) is 25.5 Å². The third-order valence-electron chi connectivity index (χ3n) is 3.77. The number of ether oxygens (including phenoxy) is 1. The molecule has 0 unspecified atom stereocenters. The summed E-state index contributed by atoms with van der Waals surface area (Å²) in [5, 5.41) is 2.64. The molecule has 0 saturated carbocycles. The molecule has 0 spiro atoms. The molecule has 0 saturated heterocycles. The molecule has 1 N–H and O–H groups in total. The number of nitrogens with one attached hydrogen (secondary N) is 1. The monoisotopic (exact) mass is 330 g/mol. The van der Waals surface area contributed by atoms with Crippen LogP contribution in [0.2, 0.25) is 0 Å². The van der Waals surface area contributed by atoms with Crippen LogP contribution in [0.25, 0.3) is 0 Å². The van der Waals surface area contributed by atoms with Gasteiger partial charge in [-0.3, -0.25) is 0 Å². The number of hydrogen-bond acceptors (Lipinski definition) is 2. The first-order chi connectivity index (χ1) is 11.5. The Morgan fingerprint density at radius 2 is 1.92 bits per heavy atom. The van der Waals surface area contributed by atoms with E-state index in [1.54, 1.807) is 13.1 Å². The fraction of sp³-hybridized carbons (Fsp3) is 0.316. The van der Waals surface area contributed by atoms with Crippen molar-refractivity contribution in [2.45, 2.75) is 20.3 Å². The van der Waals surface area contributed by atoms with Gasteiger partial charge in [0.05, 0.1) is 6.61 Å². The first-order valence-corrected chi connectivity index (χ1v) is 7.99. The van der Waals surface area contributed by atoms with Crippen LogP contribution in [0.3, 0.4) is 0 Å². The molecule has 0 aliphatic carbocycles. The molecular weight excluding hydrogens is 307 g/mol. The van der Waals surface area contributed by atoms with E-state index in [0.29, 0.717) is 25.3 Å². The van der Waals surface area contributed by atoms with E-state index < -0.39 is 5.82 Å². The van der Waals surface area contributed by atoms with Crippen molar-refractivity contribution in [1.29, 1.82) is 0 Å². The van der Waals surface area contributed by atoms with Gasteiger partial charge in [0.2, 0.25) is 0 Å². The number of carbonyl (C=O) groups excluding carboxylic acids is 1. The Balaban J connectivity index is 1.90. The molecule has 4 nitrogen and oxygen atoms in total. The van der Waals surface area contributed by atoms with Gasteiger partial charge in [-0.1, -0.05) is 29.8 Å². The van der Waals surface area contributed by atoms with E-state index in [2.05, 4.69) is 5.32 Å². The molecule has 0 heterocycles. The molecule has 0 bridgehead atoms. The smallest absolute Gasteiger partial charge is 0.321 e. The van der Waals surface area contributed by atoms with Crippen molar-refractivity contribution in [3.8, 4) is 5.75 Å². The molecule has 0 aromatic heterocycles. The van der Waals surface area contributed by atoms with Gasteiger partial charge in [0, 0.05) is 31.8 Å². The summed E-state index contributed by atoms with van der Waals surface area (Å²) in [6.07, 6.45) is 0.708. The third kappa shape index (κ3) is 4.98. The number of nitrogens with zero attached hydrogens (tertiary/aromatic N) is 1. The lowest BCUT2D eigenvalue weighted by atomic mass is 10.1. The molecule has 2 aromatic carbocycles. The SMILES string of the molecule is CCN(C)C(=O)Nc1ccc(OCCc2ccc(C)cc2)c(F)c1. The maximum Gasteiger partial charge on any atom is 0.321 e. The molecular formula is C19H23FN2O2. The van der Waals surface area contributed by atoms with Gasteiger partial charge in [0.25, 0.3) is 0 Å². The first kappa shape index (κ1) is 17.8. The van der Waals surface area contributed by atoms with Crippen molar-refractivity contribution >= 4 is 11.7 Å². The van der Waals surface area contributed by atoms with Gasteiger partial charge in [0.1, 0.15) is 0 Å². The largest absolute Gasteiger partial charge is 0.490 e. The van der Waals surface area contributed by atoms with E-state index in [1.807, 2.05) is 38.1 Å². The maximum absolute atomic E-state index is 14.1. The van der Waals surface area contributed by atoms with Crippen LogP contribution in [0, 0.1) is 12.7 Å². The number of hydrogen-bond donors (Lipinski definition) is 1. The van der Waals surface area contributed by atoms with E-state index in [1.165, 1.54) is 22.6 Å². The first-order valence-electron chi connectivity index (χ1n) is 7.99.